The third-order valence-corrected chi connectivity index (χ3v) is 4.45. The zero-order valence-corrected chi connectivity index (χ0v) is 14.9. The molecule has 0 aromatic carbocycles. The van der Waals surface area contributed by atoms with Crippen molar-refractivity contribution in [3.05, 3.63) is 40.2 Å². The summed E-state index contributed by atoms with van der Waals surface area (Å²) in [6, 6.07) is 3.54. The molecule has 2 aromatic heterocycles. The number of anilines is 2. The molecule has 2 aromatic rings. The van der Waals surface area contributed by atoms with Gasteiger partial charge in [-0.1, -0.05) is 11.6 Å². The standard InChI is InChI=1S/C17H20ClN5O2/c1-10(8-19-14-7-6-11(9-20-14)17(24)25-2)21-16-13-5-3-4-12(13)15(18)22-23-16/h6-7,9-10H,3-5,8H2,1-2H3,(H,19,20)(H,21,23)/t10-/m0/s1. The number of methoxy groups -OCH3 is 1. The van der Waals surface area contributed by atoms with Crippen molar-refractivity contribution in [2.75, 3.05) is 24.3 Å². The summed E-state index contributed by atoms with van der Waals surface area (Å²) in [7, 11) is 1.35. The van der Waals surface area contributed by atoms with Gasteiger partial charge in [0.25, 0.3) is 0 Å². The minimum absolute atomic E-state index is 0.113. The lowest BCUT2D eigenvalue weighted by Gasteiger charge is -2.17. The van der Waals surface area contributed by atoms with Crippen LogP contribution in [0, 0.1) is 0 Å². The normalized spacial score (nSPS) is 13.9. The van der Waals surface area contributed by atoms with Crippen LogP contribution in [0.3, 0.4) is 0 Å². The first-order valence-electron chi connectivity index (χ1n) is 8.17. The molecule has 0 amide bonds. The molecule has 0 unspecified atom stereocenters. The molecule has 0 saturated carbocycles. The van der Waals surface area contributed by atoms with Gasteiger partial charge in [-0.25, -0.2) is 9.78 Å². The van der Waals surface area contributed by atoms with Crippen molar-refractivity contribution in [3.63, 3.8) is 0 Å². The Bertz CT molecular complexity index is 766. The quantitative estimate of drug-likeness (QED) is 0.764. The number of rotatable bonds is 6. The van der Waals surface area contributed by atoms with Crippen molar-refractivity contribution >= 4 is 29.2 Å². The van der Waals surface area contributed by atoms with Crippen molar-refractivity contribution in [3.8, 4) is 0 Å². The van der Waals surface area contributed by atoms with E-state index in [-0.39, 0.29) is 6.04 Å². The lowest BCUT2D eigenvalue weighted by atomic mass is 10.2. The van der Waals surface area contributed by atoms with Gasteiger partial charge in [0.05, 0.1) is 12.7 Å². The maximum atomic E-state index is 11.4. The molecule has 0 radical (unpaired) electrons. The number of carbonyl (C=O) groups excluding carboxylic acids is 1. The van der Waals surface area contributed by atoms with Crippen molar-refractivity contribution in [2.45, 2.75) is 32.2 Å². The van der Waals surface area contributed by atoms with Crippen LogP contribution < -0.4 is 10.6 Å². The summed E-state index contributed by atoms with van der Waals surface area (Å²) < 4.78 is 4.65. The molecule has 25 heavy (non-hydrogen) atoms. The second-order valence-electron chi connectivity index (χ2n) is 6.00. The molecule has 3 rings (SSSR count). The van der Waals surface area contributed by atoms with Crippen molar-refractivity contribution < 1.29 is 9.53 Å². The molecule has 8 heteroatoms. The Morgan fingerprint density at radius 1 is 1.32 bits per heavy atom. The Kier molecular flexibility index (Phi) is 5.33. The van der Waals surface area contributed by atoms with E-state index in [0.717, 1.165) is 30.6 Å². The maximum absolute atomic E-state index is 11.4. The van der Waals surface area contributed by atoms with E-state index in [9.17, 15) is 4.79 Å². The Labute approximate surface area is 151 Å². The monoisotopic (exact) mass is 361 g/mol. The van der Waals surface area contributed by atoms with Crippen LogP contribution in [0.1, 0.15) is 34.8 Å². The van der Waals surface area contributed by atoms with Gasteiger partial charge >= 0.3 is 5.97 Å². The number of fused-ring (bicyclic) bond motifs is 1. The molecule has 0 spiro atoms. The summed E-state index contributed by atoms with van der Waals surface area (Å²) in [4.78, 5) is 15.6. The number of ether oxygens (including phenoxy) is 1. The van der Waals surface area contributed by atoms with Gasteiger partial charge in [0, 0.05) is 24.3 Å². The van der Waals surface area contributed by atoms with E-state index >= 15 is 0 Å². The summed E-state index contributed by atoms with van der Waals surface area (Å²) in [5, 5.41) is 15.4. The van der Waals surface area contributed by atoms with Gasteiger partial charge in [-0.15, -0.1) is 10.2 Å². The molecule has 7 nitrogen and oxygen atoms in total. The van der Waals surface area contributed by atoms with Crippen LogP contribution in [0.4, 0.5) is 11.6 Å². The molecular weight excluding hydrogens is 342 g/mol. The fourth-order valence-electron chi connectivity index (χ4n) is 2.84. The average molecular weight is 362 g/mol. The Hall–Kier alpha value is -2.41. The Morgan fingerprint density at radius 2 is 2.12 bits per heavy atom. The first-order chi connectivity index (χ1) is 12.1. The molecule has 2 heterocycles. The highest BCUT2D eigenvalue weighted by Crippen LogP contribution is 2.31. The number of aromatic nitrogens is 3. The SMILES string of the molecule is COC(=O)c1ccc(NC[C@H](C)Nc2nnc(Cl)c3c2CCC3)nc1. The minimum Gasteiger partial charge on any atom is -0.465 e. The number of esters is 1. The Morgan fingerprint density at radius 3 is 2.84 bits per heavy atom. The molecule has 0 bridgehead atoms. The van der Waals surface area contributed by atoms with Crippen LogP contribution in [0.5, 0.6) is 0 Å². The van der Waals surface area contributed by atoms with Gasteiger partial charge in [-0.05, 0) is 43.9 Å². The van der Waals surface area contributed by atoms with Crippen LogP contribution in [0.25, 0.3) is 0 Å². The first kappa shape index (κ1) is 17.4. The maximum Gasteiger partial charge on any atom is 0.339 e. The molecule has 1 aliphatic carbocycles. The summed E-state index contributed by atoms with van der Waals surface area (Å²) in [5.74, 6) is 1.10. The highest BCUT2D eigenvalue weighted by Gasteiger charge is 2.21. The smallest absolute Gasteiger partial charge is 0.339 e. The molecule has 0 aliphatic heterocycles. The zero-order valence-electron chi connectivity index (χ0n) is 14.2. The number of halogens is 1. The number of carbonyl (C=O) groups is 1. The number of nitrogens with zero attached hydrogens (tertiary/aromatic N) is 3. The topological polar surface area (TPSA) is 89.0 Å². The van der Waals surface area contributed by atoms with Crippen LogP contribution in [0.2, 0.25) is 5.15 Å². The van der Waals surface area contributed by atoms with E-state index < -0.39 is 5.97 Å². The average Bonchev–Trinajstić information content (AvgIpc) is 3.13. The molecular formula is C17H20ClN5O2. The second kappa shape index (κ2) is 7.65. The fraction of sp³-hybridized carbons (Fsp3) is 0.412. The fourth-order valence-corrected chi connectivity index (χ4v) is 3.09. The predicted octanol–water partition coefficient (Wildman–Crippen LogP) is 2.71. The summed E-state index contributed by atoms with van der Waals surface area (Å²) in [5.41, 5.74) is 2.71. The highest BCUT2D eigenvalue weighted by atomic mass is 35.5. The molecule has 0 fully saturated rings. The summed E-state index contributed by atoms with van der Waals surface area (Å²) >= 11 is 6.11. The van der Waals surface area contributed by atoms with Gasteiger partial charge in [0.2, 0.25) is 0 Å². The zero-order chi connectivity index (χ0) is 17.8. The molecule has 1 atom stereocenters. The van der Waals surface area contributed by atoms with E-state index in [4.69, 9.17) is 11.6 Å². The molecule has 132 valence electrons. The number of pyridine rings is 1. The first-order valence-corrected chi connectivity index (χ1v) is 8.55. The predicted molar refractivity (Wildman–Crippen MR) is 96.2 cm³/mol. The van der Waals surface area contributed by atoms with Gasteiger partial charge in [0.1, 0.15) is 5.82 Å². The van der Waals surface area contributed by atoms with E-state index in [1.54, 1.807) is 12.1 Å². The molecule has 0 saturated heterocycles. The van der Waals surface area contributed by atoms with E-state index in [0.29, 0.717) is 23.1 Å². The highest BCUT2D eigenvalue weighted by molar-refractivity contribution is 6.30. The minimum atomic E-state index is -0.399. The molecule has 2 N–H and O–H groups in total. The lowest BCUT2D eigenvalue weighted by molar-refractivity contribution is 0.0600. The Balaban J connectivity index is 1.58. The number of hydrogen-bond donors (Lipinski definition) is 2. The van der Waals surface area contributed by atoms with Crippen molar-refractivity contribution in [2.24, 2.45) is 0 Å². The van der Waals surface area contributed by atoms with E-state index in [1.165, 1.54) is 18.9 Å². The van der Waals surface area contributed by atoms with Crippen LogP contribution >= 0.6 is 11.6 Å². The van der Waals surface area contributed by atoms with E-state index in [2.05, 4.69) is 30.6 Å². The molecule has 1 aliphatic rings. The second-order valence-corrected chi connectivity index (χ2v) is 6.36. The third-order valence-electron chi connectivity index (χ3n) is 4.15. The van der Waals surface area contributed by atoms with Crippen molar-refractivity contribution in [1.29, 1.82) is 0 Å². The van der Waals surface area contributed by atoms with Crippen molar-refractivity contribution in [1.82, 2.24) is 15.2 Å². The van der Waals surface area contributed by atoms with E-state index in [1.807, 2.05) is 6.92 Å². The number of hydrogen-bond acceptors (Lipinski definition) is 7. The van der Waals surface area contributed by atoms with Crippen LogP contribution in [0.15, 0.2) is 18.3 Å². The largest absolute Gasteiger partial charge is 0.465 e. The van der Waals surface area contributed by atoms with Gasteiger partial charge < -0.3 is 15.4 Å². The number of nitrogens with one attached hydrogen (secondary N) is 2. The summed E-state index contributed by atoms with van der Waals surface area (Å²) in [6.07, 6.45) is 4.51. The lowest BCUT2D eigenvalue weighted by Crippen LogP contribution is -2.26. The third kappa shape index (κ3) is 3.99. The van der Waals surface area contributed by atoms with Gasteiger partial charge in [-0.3, -0.25) is 0 Å². The van der Waals surface area contributed by atoms with Gasteiger partial charge in [-0.2, -0.15) is 0 Å². The van der Waals surface area contributed by atoms with Crippen LogP contribution in [-0.4, -0.2) is 40.8 Å². The van der Waals surface area contributed by atoms with Crippen LogP contribution in [-0.2, 0) is 17.6 Å². The summed E-state index contributed by atoms with van der Waals surface area (Å²) in [6.45, 7) is 2.69. The van der Waals surface area contributed by atoms with Gasteiger partial charge in [0.15, 0.2) is 11.0 Å².